The fourth-order valence-electron chi connectivity index (χ4n) is 1.02. The van der Waals surface area contributed by atoms with E-state index in [2.05, 4.69) is 0 Å². The molecule has 0 radical (unpaired) electrons. The first kappa shape index (κ1) is 7.88. The highest BCUT2D eigenvalue weighted by Gasteiger charge is 2.33. The minimum Gasteiger partial charge on any atom is -0.481 e. The van der Waals surface area contributed by atoms with Crippen molar-refractivity contribution < 1.29 is 15.0 Å². The second kappa shape index (κ2) is 2.80. The van der Waals surface area contributed by atoms with Gasteiger partial charge in [0.05, 0.1) is 12.0 Å². The van der Waals surface area contributed by atoms with Crippen molar-refractivity contribution in [2.75, 3.05) is 11.5 Å². The van der Waals surface area contributed by atoms with Crippen molar-refractivity contribution in [2.45, 2.75) is 18.4 Å². The molecule has 0 aromatic carbocycles. The van der Waals surface area contributed by atoms with Gasteiger partial charge in [-0.25, -0.2) is 0 Å². The lowest BCUT2D eigenvalue weighted by Gasteiger charge is -2.17. The third-order valence-corrected chi connectivity index (χ3v) is 2.80. The molecule has 0 aromatic heterocycles. The molecule has 3 nitrogen and oxygen atoms in total. The normalized spacial score (nSPS) is 32.5. The average Bonchev–Trinajstić information content (AvgIpc) is 2.12. The predicted octanol–water partition coefficient (Wildman–Crippen LogP) is 0.329. The molecule has 1 atom stereocenters. The van der Waals surface area contributed by atoms with Gasteiger partial charge in [0.25, 0.3) is 0 Å². The maximum atomic E-state index is 10.2. The molecule has 4 heteroatoms. The molecule has 0 bridgehead atoms. The van der Waals surface area contributed by atoms with Crippen molar-refractivity contribution in [3.63, 3.8) is 0 Å². The number of carboxylic acids is 1. The summed E-state index contributed by atoms with van der Waals surface area (Å²) in [5, 5.41) is 17.8. The van der Waals surface area contributed by atoms with Gasteiger partial charge in [0.15, 0.2) is 0 Å². The molecule has 1 rings (SSSR count). The highest BCUT2D eigenvalue weighted by Crippen LogP contribution is 2.30. The van der Waals surface area contributed by atoms with Crippen LogP contribution in [0.3, 0.4) is 0 Å². The third-order valence-electron chi connectivity index (χ3n) is 1.56. The molecular formula is C6H10O3S. The topological polar surface area (TPSA) is 57.5 Å². The fourth-order valence-corrected chi connectivity index (χ4v) is 2.31. The van der Waals surface area contributed by atoms with Crippen LogP contribution < -0.4 is 0 Å². The lowest BCUT2D eigenvalue weighted by molar-refractivity contribution is -0.141. The van der Waals surface area contributed by atoms with Gasteiger partial charge in [0.2, 0.25) is 0 Å². The Hall–Kier alpha value is -0.220. The molecule has 1 heterocycles. The zero-order chi connectivity index (χ0) is 7.61. The van der Waals surface area contributed by atoms with Gasteiger partial charge < -0.3 is 10.2 Å². The summed E-state index contributed by atoms with van der Waals surface area (Å²) in [5.74, 6) is 0.535. The quantitative estimate of drug-likeness (QED) is 0.614. The Bertz CT molecular complexity index is 140. The van der Waals surface area contributed by atoms with E-state index >= 15 is 0 Å². The second-order valence-corrected chi connectivity index (χ2v) is 3.70. The maximum absolute atomic E-state index is 10.2. The third kappa shape index (κ3) is 1.88. The molecule has 1 aliphatic rings. The first-order valence-electron chi connectivity index (χ1n) is 3.14. The van der Waals surface area contributed by atoms with Gasteiger partial charge in [-0.05, 0) is 12.2 Å². The summed E-state index contributed by atoms with van der Waals surface area (Å²) in [6.07, 6.45) is 0.504. The zero-order valence-electron chi connectivity index (χ0n) is 5.54. The standard InChI is InChI=1S/C6H10O3S/c7-5(8)3-6(9)1-2-10-4-6/h9H,1-4H2,(H,7,8). The van der Waals surface area contributed by atoms with Crippen molar-refractivity contribution in [3.8, 4) is 0 Å². The van der Waals surface area contributed by atoms with Crippen LogP contribution in [0.2, 0.25) is 0 Å². The average molecular weight is 162 g/mol. The molecule has 10 heavy (non-hydrogen) atoms. The van der Waals surface area contributed by atoms with Gasteiger partial charge >= 0.3 is 5.97 Å². The van der Waals surface area contributed by atoms with Gasteiger partial charge in [-0.2, -0.15) is 11.8 Å². The number of carboxylic acid groups (broad SMARTS) is 1. The minimum absolute atomic E-state index is 0.111. The predicted molar refractivity (Wildman–Crippen MR) is 39.1 cm³/mol. The molecule has 1 unspecified atom stereocenters. The van der Waals surface area contributed by atoms with E-state index in [1.54, 1.807) is 11.8 Å². The number of rotatable bonds is 2. The lowest BCUT2D eigenvalue weighted by atomic mass is 10.00. The van der Waals surface area contributed by atoms with E-state index in [0.717, 1.165) is 5.75 Å². The van der Waals surface area contributed by atoms with Crippen molar-refractivity contribution in [1.29, 1.82) is 0 Å². The van der Waals surface area contributed by atoms with Gasteiger partial charge in [-0.1, -0.05) is 0 Å². The summed E-state index contributed by atoms with van der Waals surface area (Å²) < 4.78 is 0. The van der Waals surface area contributed by atoms with Crippen LogP contribution >= 0.6 is 11.8 Å². The number of hydrogen-bond acceptors (Lipinski definition) is 3. The Morgan fingerprint density at radius 1 is 1.70 bits per heavy atom. The molecule has 58 valence electrons. The molecule has 1 saturated heterocycles. The largest absolute Gasteiger partial charge is 0.481 e. The number of carbonyl (C=O) groups is 1. The van der Waals surface area contributed by atoms with Crippen LogP contribution in [-0.2, 0) is 4.79 Å². The van der Waals surface area contributed by atoms with Crippen LogP contribution in [0.1, 0.15) is 12.8 Å². The summed E-state index contributed by atoms with van der Waals surface area (Å²) in [7, 11) is 0. The van der Waals surface area contributed by atoms with Crippen molar-refractivity contribution >= 4 is 17.7 Å². The van der Waals surface area contributed by atoms with E-state index in [9.17, 15) is 9.90 Å². The van der Waals surface area contributed by atoms with E-state index in [4.69, 9.17) is 5.11 Å². The van der Waals surface area contributed by atoms with E-state index in [-0.39, 0.29) is 6.42 Å². The molecule has 0 aromatic rings. The molecular weight excluding hydrogens is 152 g/mol. The Morgan fingerprint density at radius 2 is 2.40 bits per heavy atom. The molecule has 0 saturated carbocycles. The molecule has 1 fully saturated rings. The lowest BCUT2D eigenvalue weighted by Crippen LogP contribution is -2.31. The highest BCUT2D eigenvalue weighted by atomic mass is 32.2. The molecule has 1 aliphatic heterocycles. The number of aliphatic hydroxyl groups is 1. The maximum Gasteiger partial charge on any atom is 0.306 e. The van der Waals surface area contributed by atoms with E-state index in [0.29, 0.717) is 12.2 Å². The van der Waals surface area contributed by atoms with Crippen LogP contribution in [0.25, 0.3) is 0 Å². The summed E-state index contributed by atoms with van der Waals surface area (Å²) >= 11 is 1.61. The summed E-state index contributed by atoms with van der Waals surface area (Å²) in [6, 6.07) is 0. The van der Waals surface area contributed by atoms with Crippen LogP contribution in [0.15, 0.2) is 0 Å². The summed E-state index contributed by atoms with van der Waals surface area (Å²) in [6.45, 7) is 0. The second-order valence-electron chi connectivity index (χ2n) is 2.60. The van der Waals surface area contributed by atoms with Crippen molar-refractivity contribution in [1.82, 2.24) is 0 Å². The molecule has 0 aliphatic carbocycles. The van der Waals surface area contributed by atoms with Crippen LogP contribution in [0.4, 0.5) is 0 Å². The number of hydrogen-bond donors (Lipinski definition) is 2. The van der Waals surface area contributed by atoms with Crippen LogP contribution in [0, 0.1) is 0 Å². The van der Waals surface area contributed by atoms with Crippen LogP contribution in [0.5, 0.6) is 0 Å². The Labute approximate surface area is 63.4 Å². The highest BCUT2D eigenvalue weighted by molar-refractivity contribution is 7.99. The molecule has 0 spiro atoms. The van der Waals surface area contributed by atoms with E-state index < -0.39 is 11.6 Å². The molecule has 0 amide bonds. The van der Waals surface area contributed by atoms with Gasteiger partial charge in [0, 0.05) is 5.75 Å². The monoisotopic (exact) mass is 162 g/mol. The molecule has 2 N–H and O–H groups in total. The van der Waals surface area contributed by atoms with E-state index in [1.165, 1.54) is 0 Å². The first-order valence-corrected chi connectivity index (χ1v) is 4.30. The van der Waals surface area contributed by atoms with Crippen LogP contribution in [-0.4, -0.2) is 33.3 Å². The number of thioether (sulfide) groups is 1. The summed E-state index contributed by atoms with van der Waals surface area (Å²) in [4.78, 5) is 10.2. The SMILES string of the molecule is O=C(O)CC1(O)CCSC1. The fraction of sp³-hybridized carbons (Fsp3) is 0.833. The smallest absolute Gasteiger partial charge is 0.306 e. The first-order chi connectivity index (χ1) is 4.62. The zero-order valence-corrected chi connectivity index (χ0v) is 6.36. The Morgan fingerprint density at radius 3 is 2.80 bits per heavy atom. The Balaban J connectivity index is 2.43. The van der Waals surface area contributed by atoms with Gasteiger partial charge in [-0.15, -0.1) is 0 Å². The summed E-state index contributed by atoms with van der Waals surface area (Å²) in [5.41, 5.74) is -0.920. The van der Waals surface area contributed by atoms with E-state index in [1.807, 2.05) is 0 Å². The van der Waals surface area contributed by atoms with Crippen molar-refractivity contribution in [2.24, 2.45) is 0 Å². The van der Waals surface area contributed by atoms with Gasteiger partial charge in [-0.3, -0.25) is 4.79 Å². The Kier molecular flexibility index (Phi) is 2.21. The number of aliphatic carboxylic acids is 1. The minimum atomic E-state index is -0.920. The van der Waals surface area contributed by atoms with Gasteiger partial charge in [0.1, 0.15) is 0 Å². The van der Waals surface area contributed by atoms with Crippen molar-refractivity contribution in [3.05, 3.63) is 0 Å².